The molecule has 3 rings (SSSR count). The minimum Gasteiger partial charge on any atom is -0.472 e. The van der Waals surface area contributed by atoms with Gasteiger partial charge < -0.3 is 27.3 Å². The van der Waals surface area contributed by atoms with Crippen LogP contribution in [-0.2, 0) is 17.8 Å². The second kappa shape index (κ2) is 12.5. The molecule has 0 N–H and O–H groups in total. The summed E-state index contributed by atoms with van der Waals surface area (Å²) in [6, 6.07) is -0.369. The summed E-state index contributed by atoms with van der Waals surface area (Å²) < 4.78 is 34.1. The van der Waals surface area contributed by atoms with Crippen molar-refractivity contribution in [1.82, 2.24) is 14.9 Å². The van der Waals surface area contributed by atoms with Gasteiger partial charge in [-0.15, -0.1) is 0 Å². The maximum atomic E-state index is 13.5. The van der Waals surface area contributed by atoms with Gasteiger partial charge in [0.1, 0.15) is 11.2 Å². The highest BCUT2D eigenvalue weighted by molar-refractivity contribution is 6.84. The lowest BCUT2D eigenvalue weighted by Crippen LogP contribution is -2.65. The van der Waals surface area contributed by atoms with E-state index in [-0.39, 0.29) is 52.3 Å². The fourth-order valence-corrected chi connectivity index (χ4v) is 17.6. The van der Waals surface area contributed by atoms with E-state index in [9.17, 15) is 4.79 Å². The molecule has 1 amide bonds. The van der Waals surface area contributed by atoms with Gasteiger partial charge >= 0.3 is 23.1 Å². The number of carbonyl (C=O) groups excluding carboxylic acids is 1. The van der Waals surface area contributed by atoms with Crippen molar-refractivity contribution >= 4 is 23.0 Å². The van der Waals surface area contributed by atoms with E-state index in [2.05, 4.69) is 60.4 Å². The van der Waals surface area contributed by atoms with Gasteiger partial charge in [0.05, 0.1) is 30.4 Å². The molecule has 0 aromatic carbocycles. The summed E-state index contributed by atoms with van der Waals surface area (Å²) in [5.74, 6) is 0.379. The first kappa shape index (κ1) is 34.9. The van der Waals surface area contributed by atoms with Crippen LogP contribution >= 0.6 is 0 Å². The number of aromatic nitrogens is 2. The summed E-state index contributed by atoms with van der Waals surface area (Å²) in [6.07, 6.45) is 2.07. The molecule has 1 aromatic rings. The molecule has 0 aliphatic carbocycles. The zero-order valence-electron chi connectivity index (χ0n) is 28.8. The van der Waals surface area contributed by atoms with Crippen LogP contribution in [0.3, 0.4) is 0 Å². The second-order valence-corrected chi connectivity index (χ2v) is 24.1. The van der Waals surface area contributed by atoms with Crippen LogP contribution in [0, 0.1) is 0 Å². The highest BCUT2D eigenvalue weighted by Crippen LogP contribution is 2.50. The first-order valence-electron chi connectivity index (χ1n) is 15.7. The number of hydrogen-bond donors (Lipinski definition) is 0. The lowest BCUT2D eigenvalue weighted by molar-refractivity contribution is -0.134. The molecule has 0 spiro atoms. The lowest BCUT2D eigenvalue weighted by atomic mass is 10.1. The van der Waals surface area contributed by atoms with E-state index in [1.165, 1.54) is 0 Å². The normalized spacial score (nSPS) is 24.6. The van der Waals surface area contributed by atoms with E-state index in [4.69, 9.17) is 27.4 Å². The first-order valence-corrected chi connectivity index (χ1v) is 19.6. The molecule has 0 unspecified atom stereocenters. The third-order valence-corrected chi connectivity index (χ3v) is 18.5. The van der Waals surface area contributed by atoms with E-state index in [0.717, 1.165) is 5.56 Å². The van der Waals surface area contributed by atoms with E-state index in [0.29, 0.717) is 18.9 Å². The molecule has 1 aromatic heterocycles. The maximum Gasteiger partial charge on any atom is 0.335 e. The van der Waals surface area contributed by atoms with Gasteiger partial charge in [0, 0.05) is 13.1 Å². The third kappa shape index (κ3) is 7.22. The van der Waals surface area contributed by atoms with Crippen molar-refractivity contribution in [2.75, 3.05) is 6.61 Å². The molecule has 11 heteroatoms. The molecule has 42 heavy (non-hydrogen) atoms. The summed E-state index contributed by atoms with van der Waals surface area (Å²) in [5, 5.41) is 0. The minimum atomic E-state index is -2.83. The Bertz CT molecular complexity index is 1080. The summed E-state index contributed by atoms with van der Waals surface area (Å²) in [4.78, 5) is 24.7. The second-order valence-electron chi connectivity index (χ2n) is 15.2. The predicted molar refractivity (Wildman–Crippen MR) is 170 cm³/mol. The SMILES string of the molecule is CC(=O)N1[C@@H](c2cnc(OC(C)(C)C)nc2OC(C)(C)C)C[C@@H]2O[Si](C(C)C)(C(C)C)O[Si](C(C)C)(C(C)C)OC[C@@H]21. The summed E-state index contributed by atoms with van der Waals surface area (Å²) in [7, 11) is -5.58. The molecule has 0 saturated carbocycles. The van der Waals surface area contributed by atoms with Crippen LogP contribution in [-0.4, -0.2) is 67.9 Å². The molecule has 9 nitrogen and oxygen atoms in total. The number of rotatable bonds is 7. The van der Waals surface area contributed by atoms with E-state index in [1.807, 2.05) is 46.4 Å². The van der Waals surface area contributed by atoms with Crippen LogP contribution in [0.1, 0.15) is 122 Å². The summed E-state index contributed by atoms with van der Waals surface area (Å²) in [6.45, 7) is 31.5. The molecule has 2 aliphatic rings. The zero-order valence-corrected chi connectivity index (χ0v) is 30.8. The molecule has 2 saturated heterocycles. The zero-order chi connectivity index (χ0) is 32.0. The van der Waals surface area contributed by atoms with Gasteiger partial charge in [0.25, 0.3) is 0 Å². The molecule has 3 heterocycles. The van der Waals surface area contributed by atoms with Gasteiger partial charge in [-0.3, -0.25) is 4.79 Å². The smallest absolute Gasteiger partial charge is 0.335 e. The van der Waals surface area contributed by atoms with Gasteiger partial charge in [0.15, 0.2) is 0 Å². The largest absolute Gasteiger partial charge is 0.472 e. The average molecular weight is 624 g/mol. The van der Waals surface area contributed by atoms with Crippen LogP contribution in [0.2, 0.25) is 22.2 Å². The Labute approximate surface area is 256 Å². The van der Waals surface area contributed by atoms with Crippen molar-refractivity contribution in [2.24, 2.45) is 0 Å². The highest BCUT2D eigenvalue weighted by atomic mass is 28.5. The van der Waals surface area contributed by atoms with E-state index in [1.54, 1.807) is 13.1 Å². The predicted octanol–water partition coefficient (Wildman–Crippen LogP) is 7.45. The lowest BCUT2D eigenvalue weighted by Gasteiger charge is -2.51. The minimum absolute atomic E-state index is 0.0411. The van der Waals surface area contributed by atoms with Crippen molar-refractivity contribution in [3.05, 3.63) is 11.8 Å². The van der Waals surface area contributed by atoms with E-state index < -0.39 is 28.3 Å². The standard InChI is InChI=1S/C31H57N3O6Si2/c1-19(2)41(20(3)4)36-18-26-27(39-42(40-41,21(5)6)22(7)8)16-25(34(26)23(9)35)24-17-32-29(38-31(13,14)15)33-28(24)37-30(10,11)12/h17,19-22,25-27H,16,18H2,1-15H3/t25-,26+,27+/m1/s1. The van der Waals surface area contributed by atoms with Crippen molar-refractivity contribution in [2.45, 2.75) is 162 Å². The van der Waals surface area contributed by atoms with Gasteiger partial charge in [-0.05, 0) is 70.1 Å². The van der Waals surface area contributed by atoms with E-state index >= 15 is 0 Å². The van der Waals surface area contributed by atoms with Gasteiger partial charge in [-0.2, -0.15) is 4.98 Å². The Morgan fingerprint density at radius 1 is 0.905 bits per heavy atom. The van der Waals surface area contributed by atoms with Gasteiger partial charge in [-0.1, -0.05) is 55.4 Å². The summed E-state index contributed by atoms with van der Waals surface area (Å²) in [5.41, 5.74) is 0.600. The Morgan fingerprint density at radius 3 is 1.88 bits per heavy atom. The first-order chi connectivity index (χ1) is 19.1. The maximum absolute atomic E-state index is 13.5. The number of ether oxygens (including phenoxy) is 2. The molecule has 2 aliphatic heterocycles. The van der Waals surface area contributed by atoms with Gasteiger partial charge in [0.2, 0.25) is 11.8 Å². The Kier molecular flexibility index (Phi) is 10.4. The molecule has 240 valence electrons. The number of hydrogen-bond acceptors (Lipinski definition) is 8. The van der Waals surface area contributed by atoms with Crippen LogP contribution in [0.4, 0.5) is 0 Å². The fourth-order valence-electron chi connectivity index (χ4n) is 6.39. The Balaban J connectivity index is 2.18. The quantitative estimate of drug-likeness (QED) is 0.289. The Morgan fingerprint density at radius 2 is 1.43 bits per heavy atom. The topological polar surface area (TPSA) is 92.2 Å². The number of amides is 1. The highest BCUT2D eigenvalue weighted by Gasteiger charge is 2.61. The molecular weight excluding hydrogens is 567 g/mol. The molecule has 3 atom stereocenters. The molecule has 0 bridgehead atoms. The number of nitrogens with zero attached hydrogens (tertiary/aromatic N) is 3. The molecule has 0 radical (unpaired) electrons. The van der Waals surface area contributed by atoms with Crippen molar-refractivity contribution in [1.29, 1.82) is 0 Å². The van der Waals surface area contributed by atoms with Crippen molar-refractivity contribution in [3.63, 3.8) is 0 Å². The average Bonchev–Trinajstić information content (AvgIpc) is 3.13. The van der Waals surface area contributed by atoms with Gasteiger partial charge in [-0.25, -0.2) is 4.98 Å². The Hall–Kier alpha value is -1.54. The van der Waals surface area contributed by atoms with Crippen LogP contribution in [0.25, 0.3) is 0 Å². The monoisotopic (exact) mass is 623 g/mol. The van der Waals surface area contributed by atoms with Crippen molar-refractivity contribution in [3.8, 4) is 11.9 Å². The molecular formula is C31H57N3O6Si2. The van der Waals surface area contributed by atoms with Crippen LogP contribution < -0.4 is 9.47 Å². The van der Waals surface area contributed by atoms with Crippen molar-refractivity contribution < 1.29 is 27.2 Å². The number of carbonyl (C=O) groups is 1. The molecule has 2 fully saturated rings. The summed E-state index contributed by atoms with van der Waals surface area (Å²) >= 11 is 0. The van der Waals surface area contributed by atoms with Crippen LogP contribution in [0.15, 0.2) is 6.20 Å². The number of fused-ring (bicyclic) bond motifs is 1. The third-order valence-electron chi connectivity index (χ3n) is 8.21. The number of likely N-dealkylation sites (tertiary alicyclic amines) is 1. The van der Waals surface area contributed by atoms with Crippen LogP contribution in [0.5, 0.6) is 11.9 Å². The fraction of sp³-hybridized carbons (Fsp3) is 0.839.